The summed E-state index contributed by atoms with van der Waals surface area (Å²) in [6.07, 6.45) is 6.66. The zero-order valence-electron chi connectivity index (χ0n) is 9.61. The molecule has 1 aliphatic rings. The first-order valence-corrected chi connectivity index (χ1v) is 5.80. The van der Waals surface area contributed by atoms with E-state index < -0.39 is 0 Å². The van der Waals surface area contributed by atoms with Gasteiger partial charge in [-0.05, 0) is 35.9 Å². The van der Waals surface area contributed by atoms with E-state index in [1.54, 1.807) is 0 Å². The molecule has 5 heteroatoms. The van der Waals surface area contributed by atoms with Crippen LogP contribution in [0.25, 0.3) is 16.1 Å². The van der Waals surface area contributed by atoms with E-state index in [1.165, 1.54) is 18.4 Å². The average molecular weight is 227 g/mol. The highest BCUT2D eigenvalue weighted by Gasteiger charge is 2.23. The fraction of sp³-hybridized carbons (Fsp3) is 0.417. The number of azide groups is 1. The first kappa shape index (κ1) is 10.2. The molecule has 2 aromatic heterocycles. The van der Waals surface area contributed by atoms with Crippen molar-refractivity contribution in [3.63, 3.8) is 0 Å². The third-order valence-corrected chi connectivity index (χ3v) is 3.19. The monoisotopic (exact) mass is 227 g/mol. The topological polar surface area (TPSA) is 66.1 Å². The van der Waals surface area contributed by atoms with Crippen LogP contribution in [0.4, 0.5) is 0 Å². The van der Waals surface area contributed by atoms with E-state index in [4.69, 9.17) is 5.53 Å². The molecule has 0 aliphatic heterocycles. The zero-order chi connectivity index (χ0) is 11.8. The highest BCUT2D eigenvalue weighted by molar-refractivity contribution is 5.43. The SMILES string of the molecule is CC(N=[N+]=[N-])c1cn2cc(C3CC3)ccc2n1. The van der Waals surface area contributed by atoms with Gasteiger partial charge in [-0.2, -0.15) is 0 Å². The lowest BCUT2D eigenvalue weighted by atomic mass is 10.2. The molecule has 0 amide bonds. The van der Waals surface area contributed by atoms with Crippen LogP contribution >= 0.6 is 0 Å². The fourth-order valence-corrected chi connectivity index (χ4v) is 2.02. The second kappa shape index (κ2) is 3.79. The second-order valence-electron chi connectivity index (χ2n) is 4.55. The lowest BCUT2D eigenvalue weighted by Crippen LogP contribution is -1.87. The summed E-state index contributed by atoms with van der Waals surface area (Å²) in [5.41, 5.74) is 11.5. The minimum Gasteiger partial charge on any atom is -0.307 e. The van der Waals surface area contributed by atoms with Crippen molar-refractivity contribution >= 4 is 5.65 Å². The van der Waals surface area contributed by atoms with Crippen LogP contribution in [0.15, 0.2) is 29.6 Å². The molecular weight excluding hydrogens is 214 g/mol. The van der Waals surface area contributed by atoms with Crippen LogP contribution in [0.1, 0.15) is 43.0 Å². The number of fused-ring (bicyclic) bond motifs is 1. The van der Waals surface area contributed by atoms with Gasteiger partial charge in [-0.1, -0.05) is 18.1 Å². The van der Waals surface area contributed by atoms with E-state index in [1.807, 2.05) is 23.6 Å². The van der Waals surface area contributed by atoms with Gasteiger partial charge in [0.1, 0.15) is 5.65 Å². The summed E-state index contributed by atoms with van der Waals surface area (Å²) in [5.74, 6) is 0.736. The van der Waals surface area contributed by atoms with E-state index in [9.17, 15) is 0 Å². The summed E-state index contributed by atoms with van der Waals surface area (Å²) in [4.78, 5) is 7.26. The molecule has 1 saturated carbocycles. The highest BCUT2D eigenvalue weighted by Crippen LogP contribution is 2.39. The number of rotatable bonds is 3. The molecular formula is C12H13N5. The van der Waals surface area contributed by atoms with E-state index in [-0.39, 0.29) is 6.04 Å². The summed E-state index contributed by atoms with van der Waals surface area (Å²) in [6, 6.07) is 3.95. The lowest BCUT2D eigenvalue weighted by Gasteiger charge is -1.98. The Hall–Kier alpha value is -2.00. The molecule has 3 rings (SSSR count). The molecule has 0 aromatic carbocycles. The van der Waals surface area contributed by atoms with Crippen LogP contribution in [0.5, 0.6) is 0 Å². The van der Waals surface area contributed by atoms with Crippen molar-refractivity contribution in [2.75, 3.05) is 0 Å². The maximum Gasteiger partial charge on any atom is 0.136 e. The van der Waals surface area contributed by atoms with Gasteiger partial charge in [-0.25, -0.2) is 4.98 Å². The molecule has 1 atom stereocenters. The molecule has 86 valence electrons. The molecule has 1 aliphatic carbocycles. The smallest absolute Gasteiger partial charge is 0.136 e. The normalized spacial score (nSPS) is 16.8. The van der Waals surface area contributed by atoms with Crippen molar-refractivity contribution in [2.45, 2.75) is 31.7 Å². The Morgan fingerprint density at radius 3 is 3.00 bits per heavy atom. The lowest BCUT2D eigenvalue weighted by molar-refractivity contribution is 0.781. The molecule has 5 nitrogen and oxygen atoms in total. The molecule has 0 N–H and O–H groups in total. The number of hydrogen-bond acceptors (Lipinski definition) is 2. The van der Waals surface area contributed by atoms with Crippen LogP contribution in [-0.2, 0) is 0 Å². The Morgan fingerprint density at radius 2 is 2.29 bits per heavy atom. The maximum atomic E-state index is 8.42. The second-order valence-corrected chi connectivity index (χ2v) is 4.55. The van der Waals surface area contributed by atoms with Gasteiger partial charge in [0.25, 0.3) is 0 Å². The van der Waals surface area contributed by atoms with Gasteiger partial charge in [0, 0.05) is 17.3 Å². The Morgan fingerprint density at radius 1 is 1.47 bits per heavy atom. The largest absolute Gasteiger partial charge is 0.307 e. The van der Waals surface area contributed by atoms with Crippen molar-refractivity contribution in [3.8, 4) is 0 Å². The van der Waals surface area contributed by atoms with Crippen molar-refractivity contribution < 1.29 is 0 Å². The van der Waals surface area contributed by atoms with Crippen molar-refractivity contribution in [2.24, 2.45) is 5.11 Å². The summed E-state index contributed by atoms with van der Waals surface area (Å²) in [7, 11) is 0. The summed E-state index contributed by atoms with van der Waals surface area (Å²) < 4.78 is 2.02. The number of nitrogens with zero attached hydrogens (tertiary/aromatic N) is 5. The summed E-state index contributed by atoms with van der Waals surface area (Å²) in [6.45, 7) is 1.85. The average Bonchev–Trinajstić information content (AvgIpc) is 3.08. The molecule has 0 spiro atoms. The number of aromatic nitrogens is 2. The predicted molar refractivity (Wildman–Crippen MR) is 64.7 cm³/mol. The third kappa shape index (κ3) is 1.85. The number of pyridine rings is 1. The Kier molecular flexibility index (Phi) is 2.27. The van der Waals surface area contributed by atoms with Crippen molar-refractivity contribution in [3.05, 3.63) is 46.2 Å². The standard InChI is InChI=1S/C12H13N5/c1-8(15-16-13)11-7-17-6-10(9-2-3-9)4-5-12(17)14-11/h4-9H,2-3H2,1H3. The Bertz CT molecular complexity index is 604. The Labute approximate surface area is 98.7 Å². The molecule has 1 fully saturated rings. The highest BCUT2D eigenvalue weighted by atomic mass is 15.2. The first-order chi connectivity index (χ1) is 8.28. The van der Waals surface area contributed by atoms with Crippen molar-refractivity contribution in [1.29, 1.82) is 0 Å². The molecule has 0 saturated heterocycles. The van der Waals surface area contributed by atoms with E-state index >= 15 is 0 Å². The van der Waals surface area contributed by atoms with Crippen LogP contribution in [0.2, 0.25) is 0 Å². The van der Waals surface area contributed by atoms with Gasteiger partial charge in [-0.15, -0.1) is 0 Å². The van der Waals surface area contributed by atoms with Gasteiger partial charge in [0.05, 0.1) is 11.7 Å². The minimum atomic E-state index is -0.218. The van der Waals surface area contributed by atoms with E-state index in [2.05, 4.69) is 27.3 Å². The molecule has 2 aromatic rings. The maximum absolute atomic E-state index is 8.42. The third-order valence-electron chi connectivity index (χ3n) is 3.19. The quantitative estimate of drug-likeness (QED) is 0.449. The predicted octanol–water partition coefficient (Wildman–Crippen LogP) is 3.58. The van der Waals surface area contributed by atoms with Gasteiger partial charge >= 0.3 is 0 Å². The zero-order valence-corrected chi connectivity index (χ0v) is 9.61. The van der Waals surface area contributed by atoms with Crippen molar-refractivity contribution in [1.82, 2.24) is 9.38 Å². The number of imidazole rings is 1. The van der Waals surface area contributed by atoms with Crippen LogP contribution in [0.3, 0.4) is 0 Å². The summed E-state index contributed by atoms with van der Waals surface area (Å²) in [5, 5.41) is 3.66. The molecule has 0 radical (unpaired) electrons. The fourth-order valence-electron chi connectivity index (χ4n) is 2.02. The van der Waals surface area contributed by atoms with E-state index in [0.29, 0.717) is 0 Å². The van der Waals surface area contributed by atoms with Crippen LogP contribution in [0, 0.1) is 0 Å². The minimum absolute atomic E-state index is 0.218. The molecule has 1 unspecified atom stereocenters. The van der Waals surface area contributed by atoms with Crippen LogP contribution in [-0.4, -0.2) is 9.38 Å². The number of hydrogen-bond donors (Lipinski definition) is 0. The molecule has 17 heavy (non-hydrogen) atoms. The molecule has 0 bridgehead atoms. The van der Waals surface area contributed by atoms with Gasteiger partial charge in [0.15, 0.2) is 0 Å². The molecule has 2 heterocycles. The Balaban J connectivity index is 2.02. The first-order valence-electron chi connectivity index (χ1n) is 5.80. The summed E-state index contributed by atoms with van der Waals surface area (Å²) >= 11 is 0. The van der Waals surface area contributed by atoms with Gasteiger partial charge in [0.2, 0.25) is 0 Å². The van der Waals surface area contributed by atoms with E-state index in [0.717, 1.165) is 17.3 Å². The van der Waals surface area contributed by atoms with Gasteiger partial charge < -0.3 is 4.40 Å². The van der Waals surface area contributed by atoms with Gasteiger partial charge in [-0.3, -0.25) is 0 Å². The van der Waals surface area contributed by atoms with Crippen LogP contribution < -0.4 is 0 Å².